The van der Waals surface area contributed by atoms with Crippen LogP contribution in [0.3, 0.4) is 0 Å². The third-order valence-corrected chi connectivity index (χ3v) is 4.55. The molecule has 0 amide bonds. The van der Waals surface area contributed by atoms with Crippen molar-refractivity contribution in [3.63, 3.8) is 0 Å². The predicted octanol–water partition coefficient (Wildman–Crippen LogP) is 5.22. The van der Waals surface area contributed by atoms with Gasteiger partial charge in [-0.15, -0.1) is 0 Å². The van der Waals surface area contributed by atoms with Crippen LogP contribution in [0.1, 0.15) is 0 Å². The maximum Gasteiger partial charge on any atom is 0.200 e. The maximum atomic E-state index is 12.9. The van der Waals surface area contributed by atoms with Crippen LogP contribution in [0.5, 0.6) is 11.5 Å². The van der Waals surface area contributed by atoms with E-state index < -0.39 is 0 Å². The van der Waals surface area contributed by atoms with Gasteiger partial charge < -0.3 is 19.2 Å². The summed E-state index contributed by atoms with van der Waals surface area (Å²) in [6, 6.07) is 20.4. The Morgan fingerprint density at radius 3 is 2.04 bits per heavy atom. The van der Waals surface area contributed by atoms with Crippen molar-refractivity contribution in [3.05, 3.63) is 83.2 Å². The van der Waals surface area contributed by atoms with Gasteiger partial charge in [-0.25, -0.2) is 0 Å². The van der Waals surface area contributed by atoms with Gasteiger partial charge in [0.15, 0.2) is 5.43 Å². The molecule has 0 aliphatic rings. The SMILES string of the molecule is COc1ccc(Nc2ccc3c(=O)c(-c4ccc(OC)cc4)coc3c2)cc1. The first-order chi connectivity index (χ1) is 13.7. The monoisotopic (exact) mass is 373 g/mol. The average molecular weight is 373 g/mol. The molecule has 28 heavy (non-hydrogen) atoms. The van der Waals surface area contributed by atoms with E-state index in [0.29, 0.717) is 16.5 Å². The first-order valence-electron chi connectivity index (χ1n) is 8.79. The fraction of sp³-hybridized carbons (Fsp3) is 0.0870. The largest absolute Gasteiger partial charge is 0.497 e. The molecule has 0 atom stereocenters. The van der Waals surface area contributed by atoms with Gasteiger partial charge >= 0.3 is 0 Å². The van der Waals surface area contributed by atoms with Crippen LogP contribution in [0, 0.1) is 0 Å². The summed E-state index contributed by atoms with van der Waals surface area (Å²) >= 11 is 0. The topological polar surface area (TPSA) is 60.7 Å². The van der Waals surface area contributed by atoms with Gasteiger partial charge in [-0.05, 0) is 54.1 Å². The summed E-state index contributed by atoms with van der Waals surface area (Å²) in [5.74, 6) is 1.53. The second kappa shape index (κ2) is 7.48. The van der Waals surface area contributed by atoms with Gasteiger partial charge in [0, 0.05) is 17.4 Å². The van der Waals surface area contributed by atoms with E-state index in [1.165, 1.54) is 6.26 Å². The summed E-state index contributed by atoms with van der Waals surface area (Å²) in [4.78, 5) is 12.9. The molecule has 1 aromatic heterocycles. The molecule has 0 unspecified atom stereocenters. The molecule has 1 heterocycles. The van der Waals surface area contributed by atoms with Crippen molar-refractivity contribution < 1.29 is 13.9 Å². The van der Waals surface area contributed by atoms with Crippen LogP contribution in [-0.2, 0) is 0 Å². The Hall–Kier alpha value is -3.73. The maximum absolute atomic E-state index is 12.9. The number of nitrogens with one attached hydrogen (secondary N) is 1. The van der Waals surface area contributed by atoms with Crippen LogP contribution < -0.4 is 20.2 Å². The summed E-state index contributed by atoms with van der Waals surface area (Å²) < 4.78 is 16.1. The van der Waals surface area contributed by atoms with E-state index in [9.17, 15) is 4.79 Å². The third-order valence-electron chi connectivity index (χ3n) is 4.55. The standard InChI is InChI=1S/C23H19NO4/c1-26-18-8-3-15(4-9-18)21-14-28-22-13-17(7-12-20(22)23(21)25)24-16-5-10-19(27-2)11-6-16/h3-14,24H,1-2H3. The zero-order chi connectivity index (χ0) is 19.5. The van der Waals surface area contributed by atoms with E-state index in [1.807, 2.05) is 60.7 Å². The number of ether oxygens (including phenoxy) is 2. The molecule has 3 aromatic carbocycles. The van der Waals surface area contributed by atoms with Crippen LogP contribution in [0.4, 0.5) is 11.4 Å². The van der Waals surface area contributed by atoms with Gasteiger partial charge in [0.2, 0.25) is 0 Å². The van der Waals surface area contributed by atoms with Crippen molar-refractivity contribution in [3.8, 4) is 22.6 Å². The molecule has 5 nitrogen and oxygen atoms in total. The van der Waals surface area contributed by atoms with Gasteiger partial charge in [0.1, 0.15) is 23.3 Å². The van der Waals surface area contributed by atoms with Gasteiger partial charge in [-0.2, -0.15) is 0 Å². The van der Waals surface area contributed by atoms with Gasteiger partial charge in [0.05, 0.1) is 25.2 Å². The minimum absolute atomic E-state index is 0.0672. The number of hydrogen-bond acceptors (Lipinski definition) is 5. The van der Waals surface area contributed by atoms with Crippen molar-refractivity contribution in [2.45, 2.75) is 0 Å². The Morgan fingerprint density at radius 2 is 1.39 bits per heavy atom. The normalized spacial score (nSPS) is 10.6. The second-order valence-corrected chi connectivity index (χ2v) is 6.27. The molecular weight excluding hydrogens is 354 g/mol. The van der Waals surface area contributed by atoms with E-state index >= 15 is 0 Å². The average Bonchev–Trinajstić information content (AvgIpc) is 2.75. The van der Waals surface area contributed by atoms with Gasteiger partial charge in [-0.3, -0.25) is 4.79 Å². The Kier molecular flexibility index (Phi) is 4.72. The molecule has 5 heteroatoms. The highest BCUT2D eigenvalue weighted by Crippen LogP contribution is 2.26. The van der Waals surface area contributed by atoms with E-state index in [4.69, 9.17) is 13.9 Å². The van der Waals surface area contributed by atoms with Crippen molar-refractivity contribution in [2.75, 3.05) is 19.5 Å². The minimum atomic E-state index is -0.0672. The molecule has 0 aliphatic heterocycles. The van der Waals surface area contributed by atoms with Crippen LogP contribution >= 0.6 is 0 Å². The van der Waals surface area contributed by atoms with Crippen molar-refractivity contribution in [1.29, 1.82) is 0 Å². The van der Waals surface area contributed by atoms with E-state index in [0.717, 1.165) is 28.4 Å². The van der Waals surface area contributed by atoms with Crippen molar-refractivity contribution in [1.82, 2.24) is 0 Å². The smallest absolute Gasteiger partial charge is 0.200 e. The lowest BCUT2D eigenvalue weighted by Gasteiger charge is -2.09. The molecule has 4 rings (SSSR count). The summed E-state index contributed by atoms with van der Waals surface area (Å²) in [6.07, 6.45) is 1.50. The molecule has 4 aromatic rings. The fourth-order valence-corrected chi connectivity index (χ4v) is 3.02. The summed E-state index contributed by atoms with van der Waals surface area (Å²) in [5.41, 5.74) is 3.52. The number of methoxy groups -OCH3 is 2. The third kappa shape index (κ3) is 3.42. The highest BCUT2D eigenvalue weighted by atomic mass is 16.5. The molecule has 1 N–H and O–H groups in total. The summed E-state index contributed by atoms with van der Waals surface area (Å²) in [7, 11) is 3.24. The molecule has 0 fully saturated rings. The molecular formula is C23H19NO4. The van der Waals surface area contributed by atoms with Crippen LogP contribution in [0.15, 0.2) is 82.2 Å². The lowest BCUT2D eigenvalue weighted by atomic mass is 10.1. The second-order valence-electron chi connectivity index (χ2n) is 6.27. The molecule has 140 valence electrons. The van der Waals surface area contributed by atoms with E-state index in [-0.39, 0.29) is 5.43 Å². The molecule has 0 radical (unpaired) electrons. The lowest BCUT2D eigenvalue weighted by Crippen LogP contribution is -2.05. The number of fused-ring (bicyclic) bond motifs is 1. The zero-order valence-electron chi connectivity index (χ0n) is 15.6. The zero-order valence-corrected chi connectivity index (χ0v) is 15.6. The van der Waals surface area contributed by atoms with Crippen LogP contribution in [0.2, 0.25) is 0 Å². The van der Waals surface area contributed by atoms with Crippen LogP contribution in [-0.4, -0.2) is 14.2 Å². The Balaban J connectivity index is 1.66. The predicted molar refractivity (Wildman–Crippen MR) is 111 cm³/mol. The number of rotatable bonds is 5. The number of hydrogen-bond donors (Lipinski definition) is 1. The minimum Gasteiger partial charge on any atom is -0.497 e. The fourth-order valence-electron chi connectivity index (χ4n) is 3.02. The highest BCUT2D eigenvalue weighted by molar-refractivity contribution is 5.85. The Morgan fingerprint density at radius 1 is 0.786 bits per heavy atom. The summed E-state index contributed by atoms with van der Waals surface area (Å²) in [5, 5.41) is 3.83. The quantitative estimate of drug-likeness (QED) is 0.520. The first kappa shape index (κ1) is 17.7. The van der Waals surface area contributed by atoms with Crippen molar-refractivity contribution in [2.24, 2.45) is 0 Å². The summed E-state index contributed by atoms with van der Waals surface area (Å²) in [6.45, 7) is 0. The van der Waals surface area contributed by atoms with Gasteiger partial charge in [-0.1, -0.05) is 12.1 Å². The number of anilines is 2. The van der Waals surface area contributed by atoms with E-state index in [1.54, 1.807) is 20.3 Å². The van der Waals surface area contributed by atoms with Crippen molar-refractivity contribution >= 4 is 22.3 Å². The Labute approximate surface area is 162 Å². The number of benzene rings is 3. The molecule has 0 spiro atoms. The molecule has 0 aliphatic carbocycles. The van der Waals surface area contributed by atoms with Crippen LogP contribution in [0.25, 0.3) is 22.1 Å². The lowest BCUT2D eigenvalue weighted by molar-refractivity contribution is 0.415. The van der Waals surface area contributed by atoms with Gasteiger partial charge in [0.25, 0.3) is 0 Å². The molecule has 0 saturated carbocycles. The first-order valence-corrected chi connectivity index (χ1v) is 8.79. The highest BCUT2D eigenvalue weighted by Gasteiger charge is 2.10. The van der Waals surface area contributed by atoms with E-state index in [2.05, 4.69) is 5.32 Å². The molecule has 0 saturated heterocycles. The molecule has 0 bridgehead atoms. The Bertz CT molecular complexity index is 1160.